The van der Waals surface area contributed by atoms with Crippen LogP contribution >= 0.6 is 0 Å². The molecule has 1 amide bonds. The molecule has 3 aromatic rings. The maximum absolute atomic E-state index is 12.8. The highest BCUT2D eigenvalue weighted by Crippen LogP contribution is 2.34. The first-order valence-corrected chi connectivity index (χ1v) is 10.3. The first-order chi connectivity index (χ1) is 15.4. The fraction of sp³-hybridized carbons (Fsp3) is 0.250. The number of nitrogen functional groups attached to an aromatic ring is 1. The lowest BCUT2D eigenvalue weighted by Crippen LogP contribution is -2.13. The zero-order chi connectivity index (χ0) is 22.8. The lowest BCUT2D eigenvalue weighted by Gasteiger charge is -2.12. The van der Waals surface area contributed by atoms with E-state index in [1.165, 1.54) is 14.2 Å². The van der Waals surface area contributed by atoms with Crippen LogP contribution in [0.15, 0.2) is 42.6 Å². The lowest BCUT2D eigenvalue weighted by atomic mass is 10.0. The molecule has 4 rings (SSSR count). The Labute approximate surface area is 186 Å². The van der Waals surface area contributed by atoms with Crippen molar-refractivity contribution < 1.29 is 14.3 Å². The van der Waals surface area contributed by atoms with Gasteiger partial charge in [-0.05, 0) is 50.1 Å². The molecule has 32 heavy (non-hydrogen) atoms. The Hall–Kier alpha value is -3.94. The minimum atomic E-state index is -0.320. The van der Waals surface area contributed by atoms with Crippen molar-refractivity contribution in [2.75, 3.05) is 25.3 Å². The van der Waals surface area contributed by atoms with Gasteiger partial charge in [0.25, 0.3) is 5.91 Å². The largest absolute Gasteiger partial charge is 0.497 e. The minimum Gasteiger partial charge on any atom is -0.497 e. The number of carbonyl (C=O) groups excluding carboxylic acids is 1. The number of aromatic nitrogens is 2. The predicted molar refractivity (Wildman–Crippen MR) is 124 cm³/mol. The van der Waals surface area contributed by atoms with Crippen molar-refractivity contribution in [2.24, 2.45) is 5.92 Å². The molecule has 1 fully saturated rings. The summed E-state index contributed by atoms with van der Waals surface area (Å²) in [6.07, 6.45) is 3.66. The van der Waals surface area contributed by atoms with Crippen LogP contribution in [-0.2, 0) is 0 Å². The van der Waals surface area contributed by atoms with E-state index in [4.69, 9.17) is 20.6 Å². The zero-order valence-electron chi connectivity index (χ0n) is 18.2. The number of pyridine rings is 2. The van der Waals surface area contributed by atoms with Crippen LogP contribution in [0.5, 0.6) is 11.5 Å². The summed E-state index contributed by atoms with van der Waals surface area (Å²) in [4.78, 5) is 21.7. The first-order valence-electron chi connectivity index (χ1n) is 10.3. The van der Waals surface area contributed by atoms with Crippen molar-refractivity contribution in [3.05, 3.63) is 59.4 Å². The molecule has 0 spiro atoms. The Kier molecular flexibility index (Phi) is 5.77. The summed E-state index contributed by atoms with van der Waals surface area (Å²) >= 11 is 0. The van der Waals surface area contributed by atoms with E-state index in [1.807, 2.05) is 25.1 Å². The molecule has 0 radical (unpaired) electrons. The second-order valence-corrected chi connectivity index (χ2v) is 7.73. The molecule has 0 bridgehead atoms. The van der Waals surface area contributed by atoms with E-state index in [2.05, 4.69) is 15.3 Å². The van der Waals surface area contributed by atoms with E-state index in [1.54, 1.807) is 24.4 Å². The number of nitrogens with two attached hydrogens (primary N) is 1. The second-order valence-electron chi connectivity index (χ2n) is 7.73. The number of rotatable bonds is 7. The SMILES string of the molecule is COc1cc(OC)cc(C(=O)Nc2cnc(C)c(-c3ccc(C(=N)C4CC4)c(N)n3)c2)c1. The van der Waals surface area contributed by atoms with Crippen molar-refractivity contribution >= 4 is 23.1 Å². The molecule has 1 aliphatic carbocycles. The van der Waals surface area contributed by atoms with Gasteiger partial charge in [0, 0.05) is 40.1 Å². The molecule has 0 unspecified atom stereocenters. The molecule has 2 aromatic heterocycles. The number of ether oxygens (including phenoxy) is 2. The van der Waals surface area contributed by atoms with Gasteiger partial charge >= 0.3 is 0 Å². The number of carbonyl (C=O) groups is 1. The number of hydrogen-bond donors (Lipinski definition) is 3. The van der Waals surface area contributed by atoms with E-state index < -0.39 is 0 Å². The van der Waals surface area contributed by atoms with E-state index in [9.17, 15) is 4.79 Å². The van der Waals surface area contributed by atoms with Gasteiger partial charge in [0.1, 0.15) is 17.3 Å². The Morgan fingerprint density at radius 3 is 2.41 bits per heavy atom. The highest BCUT2D eigenvalue weighted by atomic mass is 16.5. The van der Waals surface area contributed by atoms with E-state index in [-0.39, 0.29) is 5.91 Å². The summed E-state index contributed by atoms with van der Waals surface area (Å²) < 4.78 is 10.5. The monoisotopic (exact) mass is 431 g/mol. The number of amides is 1. The summed E-state index contributed by atoms with van der Waals surface area (Å²) in [6, 6.07) is 10.5. The van der Waals surface area contributed by atoms with E-state index in [0.29, 0.717) is 51.5 Å². The van der Waals surface area contributed by atoms with Crippen LogP contribution in [0.25, 0.3) is 11.3 Å². The van der Waals surface area contributed by atoms with Crippen LogP contribution < -0.4 is 20.5 Å². The summed E-state index contributed by atoms with van der Waals surface area (Å²) in [7, 11) is 3.06. The topological polar surface area (TPSA) is 123 Å². The van der Waals surface area contributed by atoms with E-state index >= 15 is 0 Å². The van der Waals surface area contributed by atoms with Gasteiger partial charge in [-0.25, -0.2) is 4.98 Å². The lowest BCUT2D eigenvalue weighted by molar-refractivity contribution is 0.102. The molecule has 0 aliphatic heterocycles. The Morgan fingerprint density at radius 1 is 1.12 bits per heavy atom. The van der Waals surface area contributed by atoms with Gasteiger partial charge < -0.3 is 25.9 Å². The maximum atomic E-state index is 12.8. The third-order valence-corrected chi connectivity index (χ3v) is 5.43. The van der Waals surface area contributed by atoms with Gasteiger partial charge in [-0.3, -0.25) is 9.78 Å². The highest BCUT2D eigenvalue weighted by molar-refractivity contribution is 6.06. The molecular weight excluding hydrogens is 406 g/mol. The zero-order valence-corrected chi connectivity index (χ0v) is 18.2. The van der Waals surface area contributed by atoms with Crippen LogP contribution in [-0.4, -0.2) is 35.8 Å². The molecule has 0 saturated heterocycles. The molecule has 1 aromatic carbocycles. The molecule has 1 aliphatic rings. The van der Waals surface area contributed by atoms with Crippen LogP contribution in [0.4, 0.5) is 11.5 Å². The van der Waals surface area contributed by atoms with E-state index in [0.717, 1.165) is 24.1 Å². The Balaban J connectivity index is 1.60. The molecule has 1 saturated carbocycles. The standard InChI is InChI=1S/C24H25N5O3/c1-13-20(21-7-6-19(23(26)29-21)22(25)14-4-5-14)10-16(12-27-13)28-24(30)15-8-17(31-2)11-18(9-15)32-3/h6-12,14,25H,4-5H2,1-3H3,(H2,26,29)(H,28,30). The van der Waals surface area contributed by atoms with Crippen LogP contribution in [0.1, 0.15) is 34.5 Å². The second kappa shape index (κ2) is 8.66. The summed E-state index contributed by atoms with van der Waals surface area (Å²) in [5.74, 6) is 1.35. The third-order valence-electron chi connectivity index (χ3n) is 5.43. The van der Waals surface area contributed by atoms with Crippen molar-refractivity contribution in [1.29, 1.82) is 5.41 Å². The third kappa shape index (κ3) is 4.39. The molecule has 0 atom stereocenters. The maximum Gasteiger partial charge on any atom is 0.255 e. The minimum absolute atomic E-state index is 0.294. The van der Waals surface area contributed by atoms with Gasteiger partial charge in [0.15, 0.2) is 0 Å². The molecule has 164 valence electrons. The van der Waals surface area contributed by atoms with Crippen LogP contribution in [0.3, 0.4) is 0 Å². The quantitative estimate of drug-likeness (QED) is 0.484. The average Bonchev–Trinajstić information content (AvgIpc) is 3.65. The van der Waals surface area contributed by atoms with Crippen molar-refractivity contribution in [1.82, 2.24) is 9.97 Å². The fourth-order valence-corrected chi connectivity index (χ4v) is 3.45. The molecule has 8 heteroatoms. The summed E-state index contributed by atoms with van der Waals surface area (Å²) in [6.45, 7) is 1.87. The molecular formula is C24H25N5O3. The van der Waals surface area contributed by atoms with Crippen molar-refractivity contribution in [3.63, 3.8) is 0 Å². The highest BCUT2D eigenvalue weighted by Gasteiger charge is 2.28. The van der Waals surface area contributed by atoms with Crippen LogP contribution in [0.2, 0.25) is 0 Å². The normalized spacial score (nSPS) is 12.8. The predicted octanol–water partition coefficient (Wildman–Crippen LogP) is 4.08. The summed E-state index contributed by atoms with van der Waals surface area (Å²) in [5, 5.41) is 11.1. The number of hydrogen-bond acceptors (Lipinski definition) is 7. The molecule has 2 heterocycles. The van der Waals surface area contributed by atoms with Crippen LogP contribution in [0, 0.1) is 18.3 Å². The molecule has 8 nitrogen and oxygen atoms in total. The van der Waals surface area contributed by atoms with Gasteiger partial charge in [0.2, 0.25) is 0 Å². The van der Waals surface area contributed by atoms with Crippen molar-refractivity contribution in [2.45, 2.75) is 19.8 Å². The van der Waals surface area contributed by atoms with Gasteiger partial charge in [-0.2, -0.15) is 0 Å². The number of methoxy groups -OCH3 is 2. The first kappa shape index (κ1) is 21.3. The average molecular weight is 431 g/mol. The number of nitrogens with zero attached hydrogens (tertiary/aromatic N) is 2. The number of benzene rings is 1. The number of aryl methyl sites for hydroxylation is 1. The number of anilines is 2. The van der Waals surface area contributed by atoms with Gasteiger partial charge in [-0.1, -0.05) is 0 Å². The Bertz CT molecular complexity index is 1180. The fourth-order valence-electron chi connectivity index (χ4n) is 3.45. The smallest absolute Gasteiger partial charge is 0.255 e. The Morgan fingerprint density at radius 2 is 1.81 bits per heavy atom. The molecule has 4 N–H and O–H groups in total. The van der Waals surface area contributed by atoms with Crippen molar-refractivity contribution in [3.8, 4) is 22.8 Å². The van der Waals surface area contributed by atoms with Gasteiger partial charge in [-0.15, -0.1) is 0 Å². The number of nitrogens with one attached hydrogen (secondary N) is 2. The summed E-state index contributed by atoms with van der Waals surface area (Å²) in [5.41, 5.74) is 10.4. The van der Waals surface area contributed by atoms with Gasteiger partial charge in [0.05, 0.1) is 31.8 Å².